The molecule has 2 aromatic rings. The average Bonchev–Trinajstić information content (AvgIpc) is 2.63. The number of ketones is 1. The van der Waals surface area contributed by atoms with Crippen LogP contribution in [0.4, 0.5) is 0 Å². The van der Waals surface area contributed by atoms with E-state index in [0.29, 0.717) is 0 Å². The van der Waals surface area contributed by atoms with Crippen molar-refractivity contribution in [3.05, 3.63) is 65.2 Å². The van der Waals surface area contributed by atoms with Crippen LogP contribution in [0, 0.1) is 19.3 Å². The summed E-state index contributed by atoms with van der Waals surface area (Å²) < 4.78 is 11.2. The Morgan fingerprint density at radius 1 is 1.00 bits per heavy atom. The average molecular weight is 387 g/mol. The minimum Gasteiger partial charge on any atom is -0.457 e. The van der Waals surface area contributed by atoms with Crippen molar-refractivity contribution in [3.63, 3.8) is 0 Å². The minimum absolute atomic E-state index is 0.0552. The molecule has 0 aromatic heterocycles. The Kier molecular flexibility index (Phi) is 7.22. The van der Waals surface area contributed by atoms with Crippen LogP contribution in [0.5, 0.6) is 0 Å². The number of Topliss-reactive ketones (excluding diaryl/α,β-unsaturated/α-hetero) is 1. The summed E-state index contributed by atoms with van der Waals surface area (Å²) in [5, 5.41) is 0. The molecule has 144 valence electrons. The lowest BCUT2D eigenvalue weighted by atomic mass is 9.87. The molecule has 0 spiro atoms. The van der Waals surface area contributed by atoms with Gasteiger partial charge in [-0.25, -0.2) is 0 Å². The summed E-state index contributed by atoms with van der Waals surface area (Å²) in [5.41, 5.74) is 1.82. The molecule has 2 aromatic carbocycles. The summed E-state index contributed by atoms with van der Waals surface area (Å²) >= 11 is 1.15. The van der Waals surface area contributed by atoms with E-state index in [1.807, 2.05) is 62.4 Å². The third-order valence-corrected chi connectivity index (χ3v) is 5.28. The smallest absolute Gasteiger partial charge is 0.322 e. The van der Waals surface area contributed by atoms with Gasteiger partial charge in [0.2, 0.25) is 0 Å². The largest absolute Gasteiger partial charge is 0.457 e. The monoisotopic (exact) mass is 386 g/mol. The van der Waals surface area contributed by atoms with Crippen LogP contribution >= 0.6 is 12.0 Å². The van der Waals surface area contributed by atoms with Crippen molar-refractivity contribution in [3.8, 4) is 0 Å². The van der Waals surface area contributed by atoms with Gasteiger partial charge in [-0.1, -0.05) is 47.5 Å². The number of rotatable bonds is 8. The highest BCUT2D eigenvalue weighted by molar-refractivity contribution is 7.94. The molecular formula is C22H26O4S. The molecule has 27 heavy (non-hydrogen) atoms. The number of carbonyl (C=O) groups excluding carboxylic acids is 2. The number of carbonyl (C=O) groups is 2. The van der Waals surface area contributed by atoms with E-state index in [1.54, 1.807) is 13.8 Å². The molecule has 2 rings (SSSR count). The summed E-state index contributed by atoms with van der Waals surface area (Å²) in [7, 11) is 0. The molecule has 0 fully saturated rings. The van der Waals surface area contributed by atoms with E-state index in [0.717, 1.165) is 33.6 Å². The lowest BCUT2D eigenvalue weighted by molar-refractivity contribution is -0.165. The maximum Gasteiger partial charge on any atom is 0.322 e. The molecule has 0 bridgehead atoms. The normalized spacial score (nSPS) is 14.3. The highest BCUT2D eigenvalue weighted by Crippen LogP contribution is 2.29. The van der Waals surface area contributed by atoms with Crippen molar-refractivity contribution in [1.29, 1.82) is 0 Å². The first kappa shape index (κ1) is 21.2. The van der Waals surface area contributed by atoms with Crippen LogP contribution in [0.1, 0.15) is 43.6 Å². The number of esters is 1. The van der Waals surface area contributed by atoms with Gasteiger partial charge in [0.15, 0.2) is 0 Å². The lowest BCUT2D eigenvalue weighted by Crippen LogP contribution is -2.40. The van der Waals surface area contributed by atoms with Crippen molar-refractivity contribution in [1.82, 2.24) is 0 Å². The molecule has 0 aliphatic carbocycles. The molecule has 0 aliphatic rings. The highest BCUT2D eigenvalue weighted by Gasteiger charge is 2.41. The van der Waals surface area contributed by atoms with Gasteiger partial charge in [0.25, 0.3) is 0 Å². The first-order valence-electron chi connectivity index (χ1n) is 8.87. The van der Waals surface area contributed by atoms with Crippen molar-refractivity contribution in [2.45, 2.75) is 45.6 Å². The van der Waals surface area contributed by atoms with Crippen LogP contribution < -0.4 is 0 Å². The number of aryl methyl sites for hydroxylation is 2. The van der Waals surface area contributed by atoms with E-state index in [1.165, 1.54) is 6.92 Å². The van der Waals surface area contributed by atoms with E-state index in [-0.39, 0.29) is 12.4 Å². The third kappa shape index (κ3) is 5.68. The van der Waals surface area contributed by atoms with E-state index in [9.17, 15) is 9.59 Å². The first-order valence-corrected chi connectivity index (χ1v) is 9.61. The number of benzene rings is 2. The molecule has 0 radical (unpaired) electrons. The SMILES string of the molecule is CC(=O)C(C)(COSc1ccc(C)cc1)C(=O)OC(C)c1ccc(C)cc1. The van der Waals surface area contributed by atoms with Gasteiger partial charge in [-0.3, -0.25) is 9.59 Å². The predicted molar refractivity (Wildman–Crippen MR) is 107 cm³/mol. The van der Waals surface area contributed by atoms with E-state index in [4.69, 9.17) is 8.92 Å². The van der Waals surface area contributed by atoms with Gasteiger partial charge in [-0.05, 0) is 52.3 Å². The summed E-state index contributed by atoms with van der Waals surface area (Å²) in [6, 6.07) is 15.6. The zero-order valence-electron chi connectivity index (χ0n) is 16.4. The predicted octanol–water partition coefficient (Wildman–Crippen LogP) is 5.23. The van der Waals surface area contributed by atoms with Gasteiger partial charge in [-0.15, -0.1) is 0 Å². The fourth-order valence-corrected chi connectivity index (χ4v) is 2.99. The van der Waals surface area contributed by atoms with Gasteiger partial charge < -0.3 is 8.92 Å². The zero-order valence-corrected chi connectivity index (χ0v) is 17.3. The molecule has 4 nitrogen and oxygen atoms in total. The Labute approximate surface area is 165 Å². The summed E-state index contributed by atoms with van der Waals surface area (Å²) in [6.07, 6.45) is -0.443. The van der Waals surface area contributed by atoms with Crippen LogP contribution in [0.15, 0.2) is 53.4 Å². The molecule has 0 saturated carbocycles. The van der Waals surface area contributed by atoms with E-state index >= 15 is 0 Å². The van der Waals surface area contributed by atoms with Gasteiger partial charge >= 0.3 is 5.97 Å². The molecule has 0 heterocycles. The van der Waals surface area contributed by atoms with E-state index < -0.39 is 17.5 Å². The van der Waals surface area contributed by atoms with Crippen LogP contribution in [0.2, 0.25) is 0 Å². The summed E-state index contributed by atoms with van der Waals surface area (Å²) in [4.78, 5) is 25.8. The van der Waals surface area contributed by atoms with Crippen LogP contribution in [-0.4, -0.2) is 18.4 Å². The number of hydrogen-bond donors (Lipinski definition) is 0. The van der Waals surface area contributed by atoms with Gasteiger partial charge in [0.1, 0.15) is 17.3 Å². The quantitative estimate of drug-likeness (QED) is 0.353. The second-order valence-corrected chi connectivity index (χ2v) is 7.88. The van der Waals surface area contributed by atoms with Crippen LogP contribution in [-0.2, 0) is 18.5 Å². The second kappa shape index (κ2) is 9.20. The fraction of sp³-hybridized carbons (Fsp3) is 0.364. The Hall–Kier alpha value is -2.11. The van der Waals surface area contributed by atoms with Crippen molar-refractivity contribution >= 4 is 23.8 Å². The topological polar surface area (TPSA) is 52.6 Å². The van der Waals surface area contributed by atoms with Crippen molar-refractivity contribution in [2.75, 3.05) is 6.61 Å². The van der Waals surface area contributed by atoms with Gasteiger partial charge in [-0.2, -0.15) is 0 Å². The molecular weight excluding hydrogens is 360 g/mol. The Balaban J connectivity index is 2.00. The first-order chi connectivity index (χ1) is 12.7. The molecule has 5 heteroatoms. The zero-order chi connectivity index (χ0) is 20.0. The minimum atomic E-state index is -1.35. The van der Waals surface area contributed by atoms with Gasteiger partial charge in [0.05, 0.1) is 6.61 Å². The van der Waals surface area contributed by atoms with Crippen molar-refractivity contribution in [2.24, 2.45) is 5.41 Å². The Morgan fingerprint density at radius 3 is 2.04 bits per heavy atom. The molecule has 2 unspecified atom stereocenters. The molecule has 0 aliphatic heterocycles. The lowest BCUT2D eigenvalue weighted by Gasteiger charge is -2.26. The molecule has 0 saturated heterocycles. The Morgan fingerprint density at radius 2 is 1.52 bits per heavy atom. The molecule has 2 atom stereocenters. The van der Waals surface area contributed by atoms with Crippen LogP contribution in [0.3, 0.4) is 0 Å². The maximum absolute atomic E-state index is 12.7. The number of hydrogen-bond acceptors (Lipinski definition) is 5. The Bertz CT molecular complexity index is 783. The molecule has 0 amide bonds. The summed E-state index contributed by atoms with van der Waals surface area (Å²) in [5.74, 6) is -0.860. The van der Waals surface area contributed by atoms with Crippen molar-refractivity contribution < 1.29 is 18.5 Å². The molecule has 0 N–H and O–H groups in total. The summed E-state index contributed by atoms with van der Waals surface area (Å²) in [6.45, 7) is 8.70. The van der Waals surface area contributed by atoms with Gasteiger partial charge in [0, 0.05) is 16.9 Å². The third-order valence-electron chi connectivity index (χ3n) is 4.58. The maximum atomic E-state index is 12.7. The second-order valence-electron chi connectivity index (χ2n) is 7.01. The fourth-order valence-electron chi connectivity index (χ4n) is 2.31. The van der Waals surface area contributed by atoms with E-state index in [2.05, 4.69) is 0 Å². The number of ether oxygens (including phenoxy) is 1. The van der Waals surface area contributed by atoms with Crippen LogP contribution in [0.25, 0.3) is 0 Å². The standard InChI is InChI=1S/C22H26O4S/c1-15-6-10-19(11-7-15)17(3)26-21(24)22(5,18(4)23)14-25-27-20-12-8-16(2)9-13-20/h6-13,17H,14H2,1-5H3. The highest BCUT2D eigenvalue weighted by atomic mass is 32.2.